The van der Waals surface area contributed by atoms with Gasteiger partial charge in [0.1, 0.15) is 11.8 Å². The van der Waals surface area contributed by atoms with Gasteiger partial charge in [0.25, 0.3) is 0 Å². The van der Waals surface area contributed by atoms with E-state index >= 15 is 0 Å². The molecular weight excluding hydrogens is 288 g/mol. The second-order valence-corrected chi connectivity index (χ2v) is 7.08. The standard InChI is InChI=1S/C14H24N4O2S/c15-5-1-7-21-18-6-4-11(9-18)16-14(19)12-8-13(20-17-12)10-2-3-10/h8,10-12,17H,1-7,9,15H2,(H,16,19). The maximum Gasteiger partial charge on any atom is 0.244 e. The topological polar surface area (TPSA) is 79.6 Å². The summed E-state index contributed by atoms with van der Waals surface area (Å²) in [4.78, 5) is 17.6. The van der Waals surface area contributed by atoms with Crippen LogP contribution >= 0.6 is 11.9 Å². The minimum Gasteiger partial charge on any atom is -0.412 e. The first-order valence-corrected chi connectivity index (χ1v) is 8.73. The Bertz CT molecular complexity index is 414. The zero-order chi connectivity index (χ0) is 14.7. The molecule has 1 saturated carbocycles. The Labute approximate surface area is 129 Å². The molecule has 0 aromatic heterocycles. The highest BCUT2D eigenvalue weighted by Crippen LogP contribution is 2.38. The smallest absolute Gasteiger partial charge is 0.244 e. The molecule has 7 heteroatoms. The Kier molecular flexibility index (Phi) is 5.05. The zero-order valence-electron chi connectivity index (χ0n) is 12.2. The van der Waals surface area contributed by atoms with E-state index in [-0.39, 0.29) is 18.0 Å². The molecule has 0 bridgehead atoms. The molecule has 3 rings (SSSR count). The van der Waals surface area contributed by atoms with Crippen molar-refractivity contribution in [1.82, 2.24) is 15.1 Å². The van der Waals surface area contributed by atoms with Crippen LogP contribution in [0.1, 0.15) is 25.7 Å². The van der Waals surface area contributed by atoms with E-state index in [4.69, 9.17) is 10.6 Å². The molecule has 4 N–H and O–H groups in total. The van der Waals surface area contributed by atoms with Crippen LogP contribution in [0.5, 0.6) is 0 Å². The molecule has 1 amide bonds. The molecule has 1 aliphatic carbocycles. The fourth-order valence-electron chi connectivity index (χ4n) is 2.61. The van der Waals surface area contributed by atoms with Crippen molar-refractivity contribution in [3.63, 3.8) is 0 Å². The van der Waals surface area contributed by atoms with E-state index in [0.717, 1.165) is 44.0 Å². The summed E-state index contributed by atoms with van der Waals surface area (Å²) in [7, 11) is 0. The van der Waals surface area contributed by atoms with E-state index in [2.05, 4.69) is 15.1 Å². The Morgan fingerprint density at radius 3 is 3.14 bits per heavy atom. The van der Waals surface area contributed by atoms with Crippen LogP contribution in [0, 0.1) is 5.92 Å². The predicted molar refractivity (Wildman–Crippen MR) is 83.1 cm³/mol. The summed E-state index contributed by atoms with van der Waals surface area (Å²) in [5.41, 5.74) is 8.32. The summed E-state index contributed by atoms with van der Waals surface area (Å²) < 4.78 is 2.32. The minimum atomic E-state index is -0.334. The first-order chi connectivity index (χ1) is 10.3. The van der Waals surface area contributed by atoms with Crippen LogP contribution in [0.2, 0.25) is 0 Å². The van der Waals surface area contributed by atoms with Crippen molar-refractivity contribution in [1.29, 1.82) is 0 Å². The molecule has 0 spiro atoms. The van der Waals surface area contributed by atoms with E-state index in [9.17, 15) is 4.79 Å². The number of allylic oxidation sites excluding steroid dienone is 1. The van der Waals surface area contributed by atoms with Crippen LogP contribution in [-0.4, -0.2) is 47.7 Å². The molecule has 0 aromatic carbocycles. The highest BCUT2D eigenvalue weighted by atomic mass is 32.2. The summed E-state index contributed by atoms with van der Waals surface area (Å²) in [6.07, 6.45) is 6.33. The van der Waals surface area contributed by atoms with Gasteiger partial charge in [0, 0.05) is 30.8 Å². The third-order valence-electron chi connectivity index (χ3n) is 4.02. The van der Waals surface area contributed by atoms with Gasteiger partial charge < -0.3 is 15.9 Å². The summed E-state index contributed by atoms with van der Waals surface area (Å²) >= 11 is 1.83. The van der Waals surface area contributed by atoms with Crippen LogP contribution in [-0.2, 0) is 9.63 Å². The fourth-order valence-corrected chi connectivity index (χ4v) is 3.69. The number of nitrogens with zero attached hydrogens (tertiary/aromatic N) is 1. The molecule has 0 radical (unpaired) electrons. The Morgan fingerprint density at radius 1 is 1.52 bits per heavy atom. The molecule has 2 unspecified atom stereocenters. The molecule has 2 atom stereocenters. The SMILES string of the molecule is NCCCSN1CCC(NC(=O)C2C=C(C3CC3)ON2)C1. The highest BCUT2D eigenvalue weighted by molar-refractivity contribution is 7.97. The number of carbonyl (C=O) groups excluding carboxylic acids is 1. The summed E-state index contributed by atoms with van der Waals surface area (Å²) in [6.45, 7) is 2.68. The molecule has 3 aliphatic rings. The lowest BCUT2D eigenvalue weighted by Crippen LogP contribution is -2.45. The first-order valence-electron chi connectivity index (χ1n) is 7.78. The van der Waals surface area contributed by atoms with Crippen molar-refractivity contribution in [3.05, 3.63) is 11.8 Å². The second-order valence-electron chi connectivity index (χ2n) is 5.90. The van der Waals surface area contributed by atoms with Gasteiger partial charge in [-0.25, -0.2) is 4.31 Å². The van der Waals surface area contributed by atoms with Gasteiger partial charge in [0.15, 0.2) is 0 Å². The molecular formula is C14H24N4O2S. The molecule has 118 valence electrons. The van der Waals surface area contributed by atoms with Crippen LogP contribution in [0.15, 0.2) is 11.8 Å². The van der Waals surface area contributed by atoms with Crippen molar-refractivity contribution in [2.75, 3.05) is 25.4 Å². The number of hydrogen-bond acceptors (Lipinski definition) is 6. The number of hydrogen-bond donors (Lipinski definition) is 3. The van der Waals surface area contributed by atoms with Gasteiger partial charge in [-0.3, -0.25) is 4.79 Å². The minimum absolute atomic E-state index is 0.0180. The van der Waals surface area contributed by atoms with Gasteiger partial charge >= 0.3 is 0 Å². The van der Waals surface area contributed by atoms with Crippen LogP contribution in [0.4, 0.5) is 0 Å². The van der Waals surface area contributed by atoms with Gasteiger partial charge in [-0.1, -0.05) is 11.9 Å². The quantitative estimate of drug-likeness (QED) is 0.466. The largest absolute Gasteiger partial charge is 0.412 e. The van der Waals surface area contributed by atoms with Gasteiger partial charge in [0.05, 0.1) is 0 Å². The normalized spacial score (nSPS) is 29.3. The van der Waals surface area contributed by atoms with Crippen molar-refractivity contribution in [2.45, 2.75) is 37.8 Å². The van der Waals surface area contributed by atoms with Gasteiger partial charge in [-0.05, 0) is 38.3 Å². The van der Waals surface area contributed by atoms with Crippen LogP contribution in [0.3, 0.4) is 0 Å². The van der Waals surface area contributed by atoms with E-state index in [1.807, 2.05) is 18.0 Å². The van der Waals surface area contributed by atoms with E-state index in [1.165, 1.54) is 12.8 Å². The average Bonchev–Trinajstić information content (AvgIpc) is 3.04. The Hall–Kier alpha value is -0.760. The van der Waals surface area contributed by atoms with Gasteiger partial charge in [-0.2, -0.15) is 0 Å². The monoisotopic (exact) mass is 312 g/mol. The maximum atomic E-state index is 12.2. The molecule has 2 aliphatic heterocycles. The van der Waals surface area contributed by atoms with Crippen LogP contribution < -0.4 is 16.5 Å². The summed E-state index contributed by atoms with van der Waals surface area (Å²) in [6, 6.07) is -0.0948. The molecule has 21 heavy (non-hydrogen) atoms. The molecule has 0 aromatic rings. The third kappa shape index (κ3) is 4.12. The van der Waals surface area contributed by atoms with E-state index < -0.39 is 0 Å². The Morgan fingerprint density at radius 2 is 2.38 bits per heavy atom. The van der Waals surface area contributed by atoms with Crippen molar-refractivity contribution in [2.24, 2.45) is 11.7 Å². The predicted octanol–water partition coefficient (Wildman–Crippen LogP) is 0.371. The molecule has 1 saturated heterocycles. The highest BCUT2D eigenvalue weighted by Gasteiger charge is 2.35. The number of carbonyl (C=O) groups is 1. The average molecular weight is 312 g/mol. The third-order valence-corrected chi connectivity index (χ3v) is 5.18. The number of amides is 1. The Balaban J connectivity index is 1.39. The lowest BCUT2D eigenvalue weighted by atomic mass is 10.2. The molecule has 6 nitrogen and oxygen atoms in total. The van der Waals surface area contributed by atoms with Gasteiger partial charge in [0.2, 0.25) is 5.91 Å². The van der Waals surface area contributed by atoms with Crippen molar-refractivity contribution >= 4 is 17.9 Å². The molecule has 2 fully saturated rings. The number of nitrogens with two attached hydrogens (primary N) is 1. The number of hydroxylamine groups is 1. The van der Waals surface area contributed by atoms with Gasteiger partial charge in [-0.15, -0.1) is 5.48 Å². The maximum absolute atomic E-state index is 12.2. The second kappa shape index (κ2) is 7.00. The lowest BCUT2D eigenvalue weighted by molar-refractivity contribution is -0.124. The molecule has 2 heterocycles. The van der Waals surface area contributed by atoms with Crippen LogP contribution in [0.25, 0.3) is 0 Å². The van der Waals surface area contributed by atoms with Crippen molar-refractivity contribution < 1.29 is 9.63 Å². The summed E-state index contributed by atoms with van der Waals surface area (Å²) in [5.74, 6) is 2.56. The zero-order valence-corrected chi connectivity index (χ0v) is 13.0. The number of nitrogens with one attached hydrogen (secondary N) is 2. The number of rotatable bonds is 7. The fraction of sp³-hybridized carbons (Fsp3) is 0.786. The summed E-state index contributed by atoms with van der Waals surface area (Å²) in [5, 5.41) is 3.12. The lowest BCUT2D eigenvalue weighted by Gasteiger charge is -2.16. The van der Waals surface area contributed by atoms with E-state index in [1.54, 1.807) is 0 Å². The van der Waals surface area contributed by atoms with E-state index in [0.29, 0.717) is 5.92 Å². The first kappa shape index (κ1) is 15.1. The van der Waals surface area contributed by atoms with Crippen molar-refractivity contribution in [3.8, 4) is 0 Å².